The van der Waals surface area contributed by atoms with Crippen LogP contribution in [0, 0.1) is 0 Å². The number of ether oxygens (including phenoxy) is 1. The fourth-order valence-electron chi connectivity index (χ4n) is 2.74. The molecule has 1 N–H and O–H groups in total. The molecule has 0 spiro atoms. The van der Waals surface area contributed by atoms with Crippen molar-refractivity contribution >= 4 is 6.09 Å². The van der Waals surface area contributed by atoms with E-state index < -0.39 is 5.60 Å². The molecule has 2 rings (SSSR count). The molecule has 0 unspecified atom stereocenters. The summed E-state index contributed by atoms with van der Waals surface area (Å²) in [6.45, 7) is 4.56. The van der Waals surface area contributed by atoms with E-state index in [1.165, 1.54) is 0 Å². The fourth-order valence-corrected chi connectivity index (χ4v) is 2.74. The lowest BCUT2D eigenvalue weighted by Crippen LogP contribution is -2.48. The van der Waals surface area contributed by atoms with Gasteiger partial charge in [0.2, 0.25) is 0 Å². The molecule has 4 heteroatoms. The quantitative estimate of drug-likeness (QED) is 0.911. The van der Waals surface area contributed by atoms with Gasteiger partial charge in [0.05, 0.1) is 12.6 Å². The van der Waals surface area contributed by atoms with E-state index in [2.05, 4.69) is 0 Å². The van der Waals surface area contributed by atoms with E-state index in [1.54, 1.807) is 18.7 Å². The molecule has 1 aliphatic rings. The number of aliphatic hydroxyl groups is 1. The van der Waals surface area contributed by atoms with Gasteiger partial charge < -0.3 is 14.7 Å². The Kier molecular flexibility index (Phi) is 4.10. The van der Waals surface area contributed by atoms with Crippen LogP contribution in [0.2, 0.25) is 0 Å². The van der Waals surface area contributed by atoms with Gasteiger partial charge in [-0.1, -0.05) is 30.3 Å². The minimum Gasteiger partial charge on any atom is -0.450 e. The number of carbonyl (C=O) groups is 1. The van der Waals surface area contributed by atoms with Crippen molar-refractivity contribution in [1.82, 2.24) is 4.90 Å². The van der Waals surface area contributed by atoms with E-state index >= 15 is 0 Å². The average molecular weight is 263 g/mol. The van der Waals surface area contributed by atoms with Crippen LogP contribution in [0.4, 0.5) is 4.79 Å². The van der Waals surface area contributed by atoms with Crippen LogP contribution in [0.1, 0.15) is 32.3 Å². The summed E-state index contributed by atoms with van der Waals surface area (Å²) in [6.07, 6.45) is 1.36. The summed E-state index contributed by atoms with van der Waals surface area (Å²) in [5, 5.41) is 10.8. The maximum absolute atomic E-state index is 11.9. The van der Waals surface area contributed by atoms with Crippen molar-refractivity contribution in [3.05, 3.63) is 35.9 Å². The lowest BCUT2D eigenvalue weighted by atomic mass is 9.87. The number of nitrogens with zero attached hydrogens (tertiary/aromatic N) is 1. The highest BCUT2D eigenvalue weighted by Crippen LogP contribution is 2.34. The van der Waals surface area contributed by atoms with E-state index in [0.29, 0.717) is 13.2 Å². The number of benzene rings is 1. The number of rotatable bonds is 3. The first-order valence-corrected chi connectivity index (χ1v) is 6.78. The lowest BCUT2D eigenvalue weighted by Gasteiger charge is -2.36. The molecular weight excluding hydrogens is 242 g/mol. The Morgan fingerprint density at radius 2 is 2.16 bits per heavy atom. The molecule has 0 radical (unpaired) electrons. The zero-order chi connectivity index (χ0) is 13.9. The Balaban J connectivity index is 2.22. The minimum absolute atomic E-state index is 0.228. The summed E-state index contributed by atoms with van der Waals surface area (Å²) < 4.78 is 5.06. The molecule has 0 saturated carbocycles. The minimum atomic E-state index is -1.05. The average Bonchev–Trinajstić information content (AvgIpc) is 2.90. The van der Waals surface area contributed by atoms with Crippen LogP contribution in [0.25, 0.3) is 0 Å². The monoisotopic (exact) mass is 263 g/mol. The molecule has 1 aliphatic heterocycles. The second kappa shape index (κ2) is 5.61. The van der Waals surface area contributed by atoms with Gasteiger partial charge >= 0.3 is 6.09 Å². The van der Waals surface area contributed by atoms with E-state index in [0.717, 1.165) is 18.4 Å². The van der Waals surface area contributed by atoms with Crippen LogP contribution in [0.15, 0.2) is 30.3 Å². The van der Waals surface area contributed by atoms with Crippen LogP contribution in [-0.4, -0.2) is 35.3 Å². The molecule has 0 aliphatic carbocycles. The van der Waals surface area contributed by atoms with Gasteiger partial charge in [0, 0.05) is 6.54 Å². The smallest absolute Gasteiger partial charge is 0.410 e. The maximum atomic E-state index is 11.9. The predicted octanol–water partition coefficient (Wildman–Crippen LogP) is 2.52. The van der Waals surface area contributed by atoms with Crippen LogP contribution >= 0.6 is 0 Å². The molecule has 4 nitrogen and oxygen atoms in total. The largest absolute Gasteiger partial charge is 0.450 e. The second-order valence-electron chi connectivity index (χ2n) is 5.06. The lowest BCUT2D eigenvalue weighted by molar-refractivity contribution is -0.0220. The highest BCUT2D eigenvalue weighted by Gasteiger charge is 2.43. The predicted molar refractivity (Wildman–Crippen MR) is 72.8 cm³/mol. The van der Waals surface area contributed by atoms with Gasteiger partial charge in [-0.25, -0.2) is 4.79 Å². The van der Waals surface area contributed by atoms with E-state index in [4.69, 9.17) is 4.74 Å². The molecule has 1 aromatic carbocycles. The van der Waals surface area contributed by atoms with Gasteiger partial charge in [0.1, 0.15) is 5.60 Å². The number of likely N-dealkylation sites (tertiary alicyclic amines) is 1. The molecule has 1 aromatic rings. The molecule has 2 atom stereocenters. The van der Waals surface area contributed by atoms with Crippen molar-refractivity contribution in [2.75, 3.05) is 13.2 Å². The number of carbonyl (C=O) groups excluding carboxylic acids is 1. The Hall–Kier alpha value is -1.55. The number of amides is 1. The third kappa shape index (κ3) is 2.73. The first kappa shape index (κ1) is 13.9. The third-order valence-electron chi connectivity index (χ3n) is 3.76. The zero-order valence-electron chi connectivity index (χ0n) is 11.5. The molecule has 1 fully saturated rings. The van der Waals surface area contributed by atoms with Crippen molar-refractivity contribution in [3.8, 4) is 0 Å². The molecule has 0 aromatic heterocycles. The Labute approximate surface area is 114 Å². The number of hydrogen-bond donors (Lipinski definition) is 1. The van der Waals surface area contributed by atoms with Gasteiger partial charge in [0.15, 0.2) is 0 Å². The molecule has 19 heavy (non-hydrogen) atoms. The highest BCUT2D eigenvalue weighted by atomic mass is 16.6. The normalized spacial score (nSPS) is 22.1. The first-order valence-electron chi connectivity index (χ1n) is 6.78. The summed E-state index contributed by atoms with van der Waals surface area (Å²) in [6, 6.07) is 9.26. The summed E-state index contributed by atoms with van der Waals surface area (Å²) in [7, 11) is 0. The van der Waals surface area contributed by atoms with Crippen molar-refractivity contribution in [2.45, 2.75) is 38.3 Å². The van der Waals surface area contributed by atoms with Gasteiger partial charge in [-0.05, 0) is 32.3 Å². The van der Waals surface area contributed by atoms with Gasteiger partial charge in [-0.2, -0.15) is 0 Å². The summed E-state index contributed by atoms with van der Waals surface area (Å²) in [5.41, 5.74) is -0.221. The fraction of sp³-hybridized carbons (Fsp3) is 0.533. The van der Waals surface area contributed by atoms with Crippen molar-refractivity contribution in [3.63, 3.8) is 0 Å². The highest BCUT2D eigenvalue weighted by molar-refractivity contribution is 5.68. The zero-order valence-corrected chi connectivity index (χ0v) is 11.5. The molecule has 1 saturated heterocycles. The third-order valence-corrected chi connectivity index (χ3v) is 3.76. The van der Waals surface area contributed by atoms with Crippen molar-refractivity contribution in [2.24, 2.45) is 0 Å². The van der Waals surface area contributed by atoms with Crippen LogP contribution in [-0.2, 0) is 10.3 Å². The Morgan fingerprint density at radius 3 is 2.79 bits per heavy atom. The Bertz CT molecular complexity index is 430. The van der Waals surface area contributed by atoms with Crippen molar-refractivity contribution < 1.29 is 14.6 Å². The molecule has 1 heterocycles. The SMILES string of the molecule is CCOC(=O)N1CCC[C@H]1[C@](C)(O)c1ccccc1. The molecule has 0 bridgehead atoms. The van der Waals surface area contributed by atoms with Crippen LogP contribution in [0.3, 0.4) is 0 Å². The topological polar surface area (TPSA) is 49.8 Å². The van der Waals surface area contributed by atoms with Crippen LogP contribution < -0.4 is 0 Å². The van der Waals surface area contributed by atoms with E-state index in [1.807, 2.05) is 30.3 Å². The van der Waals surface area contributed by atoms with E-state index in [9.17, 15) is 9.90 Å². The van der Waals surface area contributed by atoms with E-state index in [-0.39, 0.29) is 12.1 Å². The van der Waals surface area contributed by atoms with Crippen LogP contribution in [0.5, 0.6) is 0 Å². The molecule has 1 amide bonds. The van der Waals surface area contributed by atoms with Gasteiger partial charge in [0.25, 0.3) is 0 Å². The summed E-state index contributed by atoms with van der Waals surface area (Å²) >= 11 is 0. The standard InChI is InChI=1S/C15H21NO3/c1-3-19-14(17)16-11-7-10-13(16)15(2,18)12-8-5-4-6-9-12/h4-6,8-9,13,18H,3,7,10-11H2,1-2H3/t13-,15+/m0/s1. The summed E-state index contributed by atoms with van der Waals surface area (Å²) in [5.74, 6) is 0. The maximum Gasteiger partial charge on any atom is 0.410 e. The van der Waals surface area contributed by atoms with Crippen molar-refractivity contribution in [1.29, 1.82) is 0 Å². The molecule has 104 valence electrons. The number of hydrogen-bond acceptors (Lipinski definition) is 3. The second-order valence-corrected chi connectivity index (χ2v) is 5.06. The Morgan fingerprint density at radius 1 is 1.47 bits per heavy atom. The molecular formula is C15H21NO3. The van der Waals surface area contributed by atoms with Gasteiger partial charge in [-0.3, -0.25) is 0 Å². The summed E-state index contributed by atoms with van der Waals surface area (Å²) in [4.78, 5) is 13.6. The van der Waals surface area contributed by atoms with Gasteiger partial charge in [-0.15, -0.1) is 0 Å². The first-order chi connectivity index (χ1) is 9.07.